The van der Waals surface area contributed by atoms with Crippen LogP contribution in [-0.4, -0.2) is 46.9 Å². The van der Waals surface area contributed by atoms with E-state index in [1.807, 2.05) is 0 Å². The van der Waals surface area contributed by atoms with Crippen LogP contribution in [0.5, 0.6) is 0 Å². The molecule has 0 aromatic rings. The second-order valence-corrected chi connectivity index (χ2v) is 5.72. The second kappa shape index (κ2) is 49.7. The van der Waals surface area contributed by atoms with Gasteiger partial charge < -0.3 is 20.4 Å². The molecule has 0 rings (SSSR count). The summed E-state index contributed by atoms with van der Waals surface area (Å²) in [6, 6.07) is 0. The minimum atomic E-state index is 0. The molecule has 4 nitrogen and oxygen atoms in total. The summed E-state index contributed by atoms with van der Waals surface area (Å²) in [7, 11) is 0. The van der Waals surface area contributed by atoms with Crippen LogP contribution < -0.4 is 0 Å². The Bertz CT molecular complexity index is 123. The predicted molar refractivity (Wildman–Crippen MR) is 106 cm³/mol. The molecular weight excluding hydrogens is 352 g/mol. The summed E-state index contributed by atoms with van der Waals surface area (Å²) in [4.78, 5) is 0. The van der Waals surface area contributed by atoms with Gasteiger partial charge in [-0.3, -0.25) is 0 Å². The third-order valence-corrected chi connectivity index (χ3v) is 3.05. The Balaban J connectivity index is -0.0000000733. The van der Waals surface area contributed by atoms with Crippen LogP contribution in [0, 0.1) is 0 Å². The molecule has 4 N–H and O–H groups in total. The number of aliphatic hydroxyl groups excluding tert-OH is 4. The molecule has 0 aromatic heterocycles. The summed E-state index contributed by atoms with van der Waals surface area (Å²) in [6.45, 7) is 9.77. The fourth-order valence-electron chi connectivity index (χ4n) is 1.37. The summed E-state index contributed by atoms with van der Waals surface area (Å²) >= 11 is 0. The quantitative estimate of drug-likeness (QED) is 0.283. The van der Waals surface area contributed by atoms with Gasteiger partial charge in [0.1, 0.15) is 0 Å². The zero-order chi connectivity index (χ0) is 19.3. The van der Waals surface area contributed by atoms with Crippen LogP contribution in [-0.2, 0) is 21.7 Å². The average Bonchev–Trinajstić information content (AvgIpc) is 2.59. The Kier molecular flexibility index (Phi) is 72.5. The molecule has 0 aliphatic carbocycles. The van der Waals surface area contributed by atoms with Gasteiger partial charge in [0.2, 0.25) is 0 Å². The molecule has 5 heteroatoms. The molecule has 0 atom stereocenters. The van der Waals surface area contributed by atoms with Crippen LogP contribution in [0.1, 0.15) is 105 Å². The molecule has 0 amide bonds. The second-order valence-electron chi connectivity index (χ2n) is 5.72. The van der Waals surface area contributed by atoms with Crippen LogP contribution in [0.25, 0.3) is 0 Å². The van der Waals surface area contributed by atoms with Crippen molar-refractivity contribution in [2.75, 3.05) is 26.4 Å². The van der Waals surface area contributed by atoms with Crippen LogP contribution >= 0.6 is 0 Å². The molecule has 0 aliphatic rings. The first-order chi connectivity index (χ1) is 11.7. The fourth-order valence-corrected chi connectivity index (χ4v) is 1.37. The van der Waals surface area contributed by atoms with Crippen molar-refractivity contribution >= 4 is 0 Å². The Hall–Kier alpha value is 0.554. The fraction of sp³-hybridized carbons (Fsp3) is 1.00. The van der Waals surface area contributed by atoms with E-state index < -0.39 is 0 Å². The number of rotatable bonds is 12. The van der Waals surface area contributed by atoms with E-state index in [0.717, 1.165) is 44.9 Å². The molecular formula is C20H48O4Ti. The molecule has 0 bridgehead atoms. The van der Waals surface area contributed by atoms with Crippen molar-refractivity contribution in [3.63, 3.8) is 0 Å². The predicted octanol–water partition coefficient (Wildman–Crippen LogP) is 4.67. The summed E-state index contributed by atoms with van der Waals surface area (Å²) in [5, 5.41) is 32.6. The molecule has 25 heavy (non-hydrogen) atoms. The Labute approximate surface area is 173 Å². The van der Waals surface area contributed by atoms with Crippen LogP contribution in [0.15, 0.2) is 0 Å². The largest absolute Gasteiger partial charge is 0.396 e. The van der Waals surface area contributed by atoms with Gasteiger partial charge in [-0.05, 0) is 25.7 Å². The van der Waals surface area contributed by atoms with E-state index in [9.17, 15) is 0 Å². The van der Waals surface area contributed by atoms with Gasteiger partial charge in [0.25, 0.3) is 0 Å². The minimum absolute atomic E-state index is 0. The molecule has 156 valence electrons. The summed E-state index contributed by atoms with van der Waals surface area (Å²) in [6.07, 6.45) is 13.6. The number of unbranched alkanes of at least 4 members (excludes halogenated alkanes) is 8. The van der Waals surface area contributed by atoms with Crippen molar-refractivity contribution in [3.05, 3.63) is 0 Å². The molecule has 0 aromatic carbocycles. The SMILES string of the molecule is CCCCCCCCO.CCCCO.CCCCO.CCCCO.[Ti]. The van der Waals surface area contributed by atoms with E-state index in [-0.39, 0.29) is 21.7 Å². The van der Waals surface area contributed by atoms with E-state index in [4.69, 9.17) is 20.4 Å². The average molecular weight is 400 g/mol. The summed E-state index contributed by atoms with van der Waals surface area (Å²) in [5.74, 6) is 0. The Morgan fingerprint density at radius 2 is 0.600 bits per heavy atom. The van der Waals surface area contributed by atoms with Gasteiger partial charge in [-0.2, -0.15) is 0 Å². The first-order valence-corrected chi connectivity index (χ1v) is 10.1. The van der Waals surface area contributed by atoms with Crippen LogP contribution in [0.3, 0.4) is 0 Å². The number of hydrogen-bond donors (Lipinski definition) is 4. The van der Waals surface area contributed by atoms with Crippen molar-refractivity contribution < 1.29 is 42.1 Å². The van der Waals surface area contributed by atoms with Crippen molar-refractivity contribution in [3.8, 4) is 0 Å². The maximum Gasteiger partial charge on any atom is 0.0431 e. The van der Waals surface area contributed by atoms with Gasteiger partial charge in [0.05, 0.1) is 0 Å². The monoisotopic (exact) mass is 400 g/mol. The first kappa shape index (κ1) is 36.5. The van der Waals surface area contributed by atoms with Gasteiger partial charge in [-0.25, -0.2) is 0 Å². The van der Waals surface area contributed by atoms with Gasteiger partial charge in [0.15, 0.2) is 0 Å². The molecule has 0 unspecified atom stereocenters. The molecule has 0 saturated heterocycles. The molecule has 0 heterocycles. The van der Waals surface area contributed by atoms with Gasteiger partial charge in [-0.1, -0.05) is 79.1 Å². The van der Waals surface area contributed by atoms with E-state index in [0.29, 0.717) is 26.4 Å². The summed E-state index contributed by atoms with van der Waals surface area (Å²) in [5.41, 5.74) is 0. The zero-order valence-electron chi connectivity index (χ0n) is 17.6. The van der Waals surface area contributed by atoms with Crippen molar-refractivity contribution in [2.45, 2.75) is 105 Å². The van der Waals surface area contributed by atoms with Gasteiger partial charge in [-0.15, -0.1) is 0 Å². The van der Waals surface area contributed by atoms with Crippen molar-refractivity contribution in [1.82, 2.24) is 0 Å². The van der Waals surface area contributed by atoms with E-state index in [2.05, 4.69) is 27.7 Å². The standard InChI is InChI=1S/C8H18O.3C4H10O.Ti/c1-2-3-4-5-6-7-8-9;3*1-2-3-4-5;/h9H,2-8H2,1H3;3*5H,2-4H2,1H3;. The maximum absolute atomic E-state index is 8.42. The van der Waals surface area contributed by atoms with Gasteiger partial charge >= 0.3 is 0 Å². The normalized spacial score (nSPS) is 8.64. The maximum atomic E-state index is 8.42. The Morgan fingerprint density at radius 3 is 0.800 bits per heavy atom. The van der Waals surface area contributed by atoms with Gasteiger partial charge in [0, 0.05) is 48.1 Å². The smallest absolute Gasteiger partial charge is 0.0431 e. The Morgan fingerprint density at radius 1 is 0.360 bits per heavy atom. The zero-order valence-corrected chi connectivity index (χ0v) is 19.2. The number of hydrogen-bond acceptors (Lipinski definition) is 4. The van der Waals surface area contributed by atoms with E-state index in [1.54, 1.807) is 0 Å². The van der Waals surface area contributed by atoms with Crippen LogP contribution in [0.2, 0.25) is 0 Å². The minimum Gasteiger partial charge on any atom is -0.396 e. The third-order valence-electron chi connectivity index (χ3n) is 3.05. The molecule has 0 radical (unpaired) electrons. The number of aliphatic hydroxyl groups is 4. The van der Waals surface area contributed by atoms with E-state index in [1.165, 1.54) is 32.1 Å². The topological polar surface area (TPSA) is 80.9 Å². The molecule has 0 spiro atoms. The summed E-state index contributed by atoms with van der Waals surface area (Å²) < 4.78 is 0. The van der Waals surface area contributed by atoms with Crippen molar-refractivity contribution in [1.29, 1.82) is 0 Å². The van der Waals surface area contributed by atoms with Crippen LogP contribution in [0.4, 0.5) is 0 Å². The molecule has 0 saturated carbocycles. The molecule has 0 fully saturated rings. The molecule has 0 aliphatic heterocycles. The third kappa shape index (κ3) is 79.3. The van der Waals surface area contributed by atoms with Crippen molar-refractivity contribution in [2.24, 2.45) is 0 Å². The van der Waals surface area contributed by atoms with E-state index >= 15 is 0 Å². The first-order valence-electron chi connectivity index (χ1n) is 10.1.